The summed E-state index contributed by atoms with van der Waals surface area (Å²) in [6, 6.07) is 9.58. The first-order chi connectivity index (χ1) is 10.1. The Labute approximate surface area is 120 Å². The van der Waals surface area contributed by atoms with Crippen molar-refractivity contribution in [2.75, 3.05) is 0 Å². The molecule has 0 aliphatic rings. The number of hydrogen-bond acceptors (Lipinski definition) is 5. The number of aryl methyl sites for hydroxylation is 1. The Hall–Kier alpha value is -2.96. The molecule has 0 spiro atoms. The summed E-state index contributed by atoms with van der Waals surface area (Å²) >= 11 is 0. The smallest absolute Gasteiger partial charge is 0.273 e. The number of para-hydroxylation sites is 1. The Morgan fingerprint density at radius 2 is 2.14 bits per heavy atom. The average Bonchev–Trinajstić information content (AvgIpc) is 2.85. The van der Waals surface area contributed by atoms with Gasteiger partial charge in [-0.15, -0.1) is 0 Å². The van der Waals surface area contributed by atoms with Crippen LogP contribution in [0.15, 0.2) is 45.9 Å². The lowest BCUT2D eigenvalue weighted by Gasteiger charge is -2.01. The standard InChI is InChI=1S/C14H13N3O4/c1-10-6-7-12(21-10)9-15-16-14(18)8-11-4-2-3-5-13(11)17(19)20/h2-7,9H,8H2,1H3,(H,16,18)/b15-9+. The van der Waals surface area contributed by atoms with Gasteiger partial charge in [-0.2, -0.15) is 5.10 Å². The molecule has 2 aromatic rings. The van der Waals surface area contributed by atoms with Crippen LogP contribution in [0.3, 0.4) is 0 Å². The quantitative estimate of drug-likeness (QED) is 0.517. The van der Waals surface area contributed by atoms with Crippen molar-refractivity contribution in [1.29, 1.82) is 0 Å². The predicted molar refractivity (Wildman–Crippen MR) is 76.0 cm³/mol. The van der Waals surface area contributed by atoms with Gasteiger partial charge in [-0.1, -0.05) is 18.2 Å². The Balaban J connectivity index is 1.96. The van der Waals surface area contributed by atoms with Crippen molar-refractivity contribution in [1.82, 2.24) is 5.43 Å². The fraction of sp³-hybridized carbons (Fsp3) is 0.143. The van der Waals surface area contributed by atoms with Gasteiger partial charge in [0.25, 0.3) is 5.69 Å². The number of furan rings is 1. The van der Waals surface area contributed by atoms with Crippen molar-refractivity contribution in [3.63, 3.8) is 0 Å². The molecule has 7 heteroatoms. The lowest BCUT2D eigenvalue weighted by atomic mass is 10.1. The van der Waals surface area contributed by atoms with Gasteiger partial charge in [0.1, 0.15) is 11.5 Å². The summed E-state index contributed by atoms with van der Waals surface area (Å²) < 4.78 is 5.24. The van der Waals surface area contributed by atoms with E-state index in [1.165, 1.54) is 18.3 Å². The molecule has 0 radical (unpaired) electrons. The molecule has 1 aromatic heterocycles. The van der Waals surface area contributed by atoms with Crippen molar-refractivity contribution in [3.8, 4) is 0 Å². The van der Waals surface area contributed by atoms with Crippen LogP contribution in [0.4, 0.5) is 5.69 Å². The maximum absolute atomic E-state index is 11.7. The second-order valence-electron chi connectivity index (χ2n) is 4.30. The molecule has 0 unspecified atom stereocenters. The van der Waals surface area contributed by atoms with E-state index in [9.17, 15) is 14.9 Å². The first-order valence-corrected chi connectivity index (χ1v) is 6.17. The van der Waals surface area contributed by atoms with Crippen molar-refractivity contribution >= 4 is 17.8 Å². The third kappa shape index (κ3) is 4.00. The van der Waals surface area contributed by atoms with E-state index >= 15 is 0 Å². The summed E-state index contributed by atoms with van der Waals surface area (Å²) in [6.45, 7) is 1.80. The molecule has 7 nitrogen and oxygen atoms in total. The summed E-state index contributed by atoms with van der Waals surface area (Å²) in [4.78, 5) is 22.0. The maximum atomic E-state index is 11.7. The van der Waals surface area contributed by atoms with Gasteiger partial charge in [0.05, 0.1) is 17.6 Å². The lowest BCUT2D eigenvalue weighted by molar-refractivity contribution is -0.385. The van der Waals surface area contributed by atoms with Crippen LogP contribution < -0.4 is 5.43 Å². The Bertz CT molecular complexity index is 691. The van der Waals surface area contributed by atoms with Crippen LogP contribution in [-0.4, -0.2) is 17.0 Å². The number of amides is 1. The highest BCUT2D eigenvalue weighted by Gasteiger charge is 2.14. The highest BCUT2D eigenvalue weighted by Crippen LogP contribution is 2.17. The second-order valence-corrected chi connectivity index (χ2v) is 4.30. The number of nitrogens with one attached hydrogen (secondary N) is 1. The van der Waals surface area contributed by atoms with Gasteiger partial charge in [-0.3, -0.25) is 14.9 Å². The van der Waals surface area contributed by atoms with E-state index in [1.54, 1.807) is 31.2 Å². The Kier molecular flexibility index (Phi) is 4.45. The minimum atomic E-state index is -0.516. The van der Waals surface area contributed by atoms with Crippen molar-refractivity contribution in [2.45, 2.75) is 13.3 Å². The van der Waals surface area contributed by atoms with Gasteiger partial charge in [-0.05, 0) is 19.1 Å². The predicted octanol–water partition coefficient (Wildman–Crippen LogP) is 2.19. The molecule has 1 aromatic carbocycles. The Morgan fingerprint density at radius 1 is 1.38 bits per heavy atom. The van der Waals surface area contributed by atoms with E-state index in [2.05, 4.69) is 10.5 Å². The monoisotopic (exact) mass is 287 g/mol. The van der Waals surface area contributed by atoms with Crippen LogP contribution in [0.2, 0.25) is 0 Å². The van der Waals surface area contributed by atoms with Crippen LogP contribution in [0.25, 0.3) is 0 Å². The van der Waals surface area contributed by atoms with E-state index < -0.39 is 10.8 Å². The van der Waals surface area contributed by atoms with Gasteiger partial charge in [0.15, 0.2) is 0 Å². The van der Waals surface area contributed by atoms with E-state index in [1.807, 2.05) is 0 Å². The third-order valence-corrected chi connectivity index (χ3v) is 2.68. The zero-order valence-electron chi connectivity index (χ0n) is 11.3. The minimum absolute atomic E-state index is 0.0849. The van der Waals surface area contributed by atoms with E-state index in [0.717, 1.165) is 5.76 Å². The molecule has 108 valence electrons. The molecule has 1 N–H and O–H groups in total. The topological polar surface area (TPSA) is 97.7 Å². The molecule has 1 heterocycles. The number of carbonyl (C=O) groups excluding carboxylic acids is 1. The number of benzene rings is 1. The van der Waals surface area contributed by atoms with Crippen molar-refractivity contribution in [3.05, 3.63) is 63.6 Å². The van der Waals surface area contributed by atoms with Crippen LogP contribution in [0, 0.1) is 17.0 Å². The molecular weight excluding hydrogens is 274 g/mol. The SMILES string of the molecule is Cc1ccc(/C=N/NC(=O)Cc2ccccc2[N+](=O)[O-])o1. The molecule has 0 fully saturated rings. The van der Waals surface area contributed by atoms with E-state index in [0.29, 0.717) is 11.3 Å². The number of rotatable bonds is 5. The summed E-state index contributed by atoms with van der Waals surface area (Å²) in [5.74, 6) is 0.810. The van der Waals surface area contributed by atoms with Gasteiger partial charge < -0.3 is 4.42 Å². The third-order valence-electron chi connectivity index (χ3n) is 2.68. The van der Waals surface area contributed by atoms with Crippen LogP contribution in [0.1, 0.15) is 17.1 Å². The molecule has 0 bridgehead atoms. The largest absolute Gasteiger partial charge is 0.460 e. The van der Waals surface area contributed by atoms with Crippen molar-refractivity contribution in [2.24, 2.45) is 5.10 Å². The molecule has 1 amide bonds. The summed E-state index contributed by atoms with van der Waals surface area (Å²) in [5.41, 5.74) is 2.56. The molecule has 2 rings (SSSR count). The van der Waals surface area contributed by atoms with E-state index in [-0.39, 0.29) is 12.1 Å². The summed E-state index contributed by atoms with van der Waals surface area (Å²) in [5, 5.41) is 14.6. The number of hydrazone groups is 1. The molecule has 0 aliphatic carbocycles. The molecular formula is C14H13N3O4. The number of nitro benzene ring substituents is 1. The molecule has 0 atom stereocenters. The first kappa shape index (κ1) is 14.4. The van der Waals surface area contributed by atoms with Crippen molar-refractivity contribution < 1.29 is 14.1 Å². The summed E-state index contributed by atoms with van der Waals surface area (Å²) in [7, 11) is 0. The molecule has 21 heavy (non-hydrogen) atoms. The normalized spacial score (nSPS) is 10.7. The fourth-order valence-corrected chi connectivity index (χ4v) is 1.74. The maximum Gasteiger partial charge on any atom is 0.273 e. The second kappa shape index (κ2) is 6.47. The molecule has 0 aliphatic heterocycles. The number of nitro groups is 1. The molecule has 0 saturated heterocycles. The summed E-state index contributed by atoms with van der Waals surface area (Å²) in [6.07, 6.45) is 1.25. The van der Waals surface area contributed by atoms with Gasteiger partial charge in [0.2, 0.25) is 5.91 Å². The number of carbonyl (C=O) groups is 1. The van der Waals surface area contributed by atoms with Gasteiger partial charge >= 0.3 is 0 Å². The minimum Gasteiger partial charge on any atom is -0.460 e. The van der Waals surface area contributed by atoms with Gasteiger partial charge in [0, 0.05) is 11.6 Å². The van der Waals surface area contributed by atoms with Crippen LogP contribution in [-0.2, 0) is 11.2 Å². The van der Waals surface area contributed by atoms with Crippen LogP contribution in [0.5, 0.6) is 0 Å². The Morgan fingerprint density at radius 3 is 2.81 bits per heavy atom. The number of hydrogen-bond donors (Lipinski definition) is 1. The van der Waals surface area contributed by atoms with E-state index in [4.69, 9.17) is 4.42 Å². The fourth-order valence-electron chi connectivity index (χ4n) is 1.74. The highest BCUT2D eigenvalue weighted by atomic mass is 16.6. The number of nitrogens with zero attached hydrogens (tertiary/aromatic N) is 2. The van der Waals surface area contributed by atoms with Crippen LogP contribution >= 0.6 is 0 Å². The highest BCUT2D eigenvalue weighted by molar-refractivity contribution is 5.82. The molecule has 0 saturated carbocycles. The lowest BCUT2D eigenvalue weighted by Crippen LogP contribution is -2.20. The zero-order chi connectivity index (χ0) is 15.2. The first-order valence-electron chi connectivity index (χ1n) is 6.17. The zero-order valence-corrected chi connectivity index (χ0v) is 11.3. The average molecular weight is 287 g/mol. The van der Waals surface area contributed by atoms with Gasteiger partial charge in [-0.25, -0.2) is 5.43 Å².